The van der Waals surface area contributed by atoms with Gasteiger partial charge in [-0.2, -0.15) is 0 Å². The first-order chi connectivity index (χ1) is 17.6. The summed E-state index contributed by atoms with van der Waals surface area (Å²) in [5.74, 6) is 0.178. The standard InChI is InChI=1S/C26H28N8O2/c1-2-25(36)29-21-5-3-4-19(16-21)23-17-27-24-18-28-26(31-34(23)24)30-20-6-8-22(9-7-20)33-12-10-32(11-13-33)14-15-35/h2-9,16-18,35H,1,10-15H2,(H,29,36)(H,30,31). The van der Waals surface area contributed by atoms with Crippen LogP contribution in [0, 0.1) is 0 Å². The van der Waals surface area contributed by atoms with Crippen molar-refractivity contribution >= 4 is 34.6 Å². The van der Waals surface area contributed by atoms with Crippen LogP contribution in [0.15, 0.2) is 73.6 Å². The van der Waals surface area contributed by atoms with E-state index in [1.165, 1.54) is 11.8 Å². The number of aliphatic hydroxyl groups excluding tert-OH is 1. The smallest absolute Gasteiger partial charge is 0.247 e. The van der Waals surface area contributed by atoms with Gasteiger partial charge in [-0.1, -0.05) is 18.7 Å². The Kier molecular flexibility index (Phi) is 6.87. The van der Waals surface area contributed by atoms with Crippen molar-refractivity contribution in [3.8, 4) is 11.3 Å². The highest BCUT2D eigenvalue weighted by atomic mass is 16.3. The topological polar surface area (TPSA) is 111 Å². The van der Waals surface area contributed by atoms with Gasteiger partial charge in [0.05, 0.1) is 24.7 Å². The molecule has 1 aliphatic heterocycles. The number of aliphatic hydroxyl groups is 1. The third-order valence-electron chi connectivity index (χ3n) is 6.15. The van der Waals surface area contributed by atoms with Gasteiger partial charge in [-0.15, -0.1) is 5.10 Å². The van der Waals surface area contributed by atoms with Gasteiger partial charge in [0.1, 0.15) is 0 Å². The minimum Gasteiger partial charge on any atom is -0.395 e. The maximum Gasteiger partial charge on any atom is 0.247 e. The van der Waals surface area contributed by atoms with Crippen molar-refractivity contribution in [2.45, 2.75) is 0 Å². The molecule has 1 aliphatic rings. The molecule has 36 heavy (non-hydrogen) atoms. The molecule has 5 rings (SSSR count). The maximum atomic E-state index is 11.7. The molecule has 1 amide bonds. The molecule has 0 atom stereocenters. The van der Waals surface area contributed by atoms with Crippen molar-refractivity contribution in [2.75, 3.05) is 54.9 Å². The van der Waals surface area contributed by atoms with Crippen molar-refractivity contribution in [2.24, 2.45) is 0 Å². The van der Waals surface area contributed by atoms with Crippen molar-refractivity contribution in [1.82, 2.24) is 24.5 Å². The van der Waals surface area contributed by atoms with Gasteiger partial charge in [0, 0.05) is 55.3 Å². The zero-order valence-corrected chi connectivity index (χ0v) is 19.8. The Balaban J connectivity index is 1.31. The van der Waals surface area contributed by atoms with Crippen LogP contribution in [0.4, 0.5) is 23.0 Å². The maximum absolute atomic E-state index is 11.7. The first kappa shape index (κ1) is 23.5. The van der Waals surface area contributed by atoms with Crippen LogP contribution in [0.1, 0.15) is 0 Å². The van der Waals surface area contributed by atoms with E-state index in [2.05, 4.69) is 54.2 Å². The molecule has 1 fully saturated rings. The number of piperazine rings is 1. The van der Waals surface area contributed by atoms with Gasteiger partial charge in [0.15, 0.2) is 5.65 Å². The Morgan fingerprint density at radius 1 is 1.03 bits per heavy atom. The first-order valence-corrected chi connectivity index (χ1v) is 11.8. The fourth-order valence-corrected chi connectivity index (χ4v) is 4.25. The lowest BCUT2D eigenvalue weighted by molar-refractivity contribution is -0.111. The summed E-state index contributed by atoms with van der Waals surface area (Å²) < 4.78 is 1.73. The Hall–Kier alpha value is -4.28. The summed E-state index contributed by atoms with van der Waals surface area (Å²) in [6.45, 7) is 8.20. The first-order valence-electron chi connectivity index (χ1n) is 11.8. The Bertz CT molecular complexity index is 1360. The number of benzene rings is 2. The summed E-state index contributed by atoms with van der Waals surface area (Å²) in [7, 11) is 0. The number of nitrogens with one attached hydrogen (secondary N) is 2. The van der Waals surface area contributed by atoms with Crippen molar-refractivity contribution in [3.05, 3.63) is 73.6 Å². The van der Waals surface area contributed by atoms with E-state index in [1.54, 1.807) is 16.9 Å². The molecule has 3 N–H and O–H groups in total. The van der Waals surface area contributed by atoms with Crippen LogP contribution in [0.3, 0.4) is 0 Å². The van der Waals surface area contributed by atoms with Crippen LogP contribution in [-0.4, -0.2) is 74.8 Å². The number of hydrogen-bond acceptors (Lipinski definition) is 8. The molecule has 184 valence electrons. The van der Waals surface area contributed by atoms with Crippen LogP contribution in [0.5, 0.6) is 0 Å². The van der Waals surface area contributed by atoms with Crippen LogP contribution in [0.2, 0.25) is 0 Å². The lowest BCUT2D eigenvalue weighted by atomic mass is 10.1. The second-order valence-electron chi connectivity index (χ2n) is 8.49. The van der Waals surface area contributed by atoms with Gasteiger partial charge in [0.2, 0.25) is 11.9 Å². The third kappa shape index (κ3) is 5.19. The summed E-state index contributed by atoms with van der Waals surface area (Å²) in [5.41, 5.74) is 4.97. The average Bonchev–Trinajstić information content (AvgIpc) is 3.33. The Morgan fingerprint density at radius 2 is 1.83 bits per heavy atom. The molecule has 0 spiro atoms. The van der Waals surface area contributed by atoms with E-state index in [9.17, 15) is 4.79 Å². The lowest BCUT2D eigenvalue weighted by Gasteiger charge is -2.35. The SMILES string of the molecule is C=CC(=O)Nc1cccc(-c2cnc3cnc(Nc4ccc(N5CCN(CCO)CC5)cc4)nn23)c1. The number of fused-ring (bicyclic) bond motifs is 1. The molecular weight excluding hydrogens is 456 g/mol. The van der Waals surface area contributed by atoms with Crippen LogP contribution in [0.25, 0.3) is 16.9 Å². The molecule has 0 bridgehead atoms. The zero-order valence-electron chi connectivity index (χ0n) is 19.8. The predicted octanol–water partition coefficient (Wildman–Crippen LogP) is 2.77. The zero-order chi connectivity index (χ0) is 24.9. The molecule has 2 aromatic carbocycles. The number of anilines is 4. The van der Waals surface area contributed by atoms with E-state index in [-0.39, 0.29) is 12.5 Å². The number of rotatable bonds is 8. The van der Waals surface area contributed by atoms with E-state index >= 15 is 0 Å². The molecule has 3 heterocycles. The van der Waals surface area contributed by atoms with Gasteiger partial charge in [0.25, 0.3) is 0 Å². The number of hydrogen-bond donors (Lipinski definition) is 3. The predicted molar refractivity (Wildman–Crippen MR) is 141 cm³/mol. The summed E-state index contributed by atoms with van der Waals surface area (Å²) in [4.78, 5) is 25.1. The number of imidazole rings is 1. The van der Waals surface area contributed by atoms with Gasteiger partial charge in [-0.25, -0.2) is 14.5 Å². The van der Waals surface area contributed by atoms with E-state index < -0.39 is 0 Å². The summed E-state index contributed by atoms with van der Waals surface area (Å²) in [6, 6.07) is 15.7. The molecule has 10 heteroatoms. The second-order valence-corrected chi connectivity index (χ2v) is 8.49. The van der Waals surface area contributed by atoms with E-state index in [4.69, 9.17) is 5.11 Å². The van der Waals surface area contributed by atoms with Gasteiger partial charge < -0.3 is 20.6 Å². The second kappa shape index (κ2) is 10.5. The molecule has 4 aromatic rings. The van der Waals surface area contributed by atoms with Crippen molar-refractivity contribution in [3.63, 3.8) is 0 Å². The monoisotopic (exact) mass is 484 g/mol. The van der Waals surface area contributed by atoms with E-state index in [0.717, 1.165) is 49.7 Å². The van der Waals surface area contributed by atoms with Crippen molar-refractivity contribution < 1.29 is 9.90 Å². The van der Waals surface area contributed by atoms with E-state index in [1.807, 2.05) is 36.4 Å². The number of aromatic nitrogens is 4. The third-order valence-corrected chi connectivity index (χ3v) is 6.15. The Morgan fingerprint density at radius 3 is 2.58 bits per heavy atom. The molecule has 2 aromatic heterocycles. The van der Waals surface area contributed by atoms with Crippen LogP contribution in [-0.2, 0) is 4.79 Å². The minimum atomic E-state index is -0.269. The van der Waals surface area contributed by atoms with Gasteiger partial charge in [-0.05, 0) is 42.5 Å². The van der Waals surface area contributed by atoms with Gasteiger partial charge in [-0.3, -0.25) is 9.69 Å². The number of carbonyl (C=O) groups excluding carboxylic acids is 1. The average molecular weight is 485 g/mol. The van der Waals surface area contributed by atoms with Crippen molar-refractivity contribution in [1.29, 1.82) is 0 Å². The minimum absolute atomic E-state index is 0.204. The number of carbonyl (C=O) groups is 1. The fourth-order valence-electron chi connectivity index (χ4n) is 4.25. The number of amides is 1. The highest BCUT2D eigenvalue weighted by Crippen LogP contribution is 2.25. The summed E-state index contributed by atoms with van der Waals surface area (Å²) in [5, 5.41) is 19.8. The summed E-state index contributed by atoms with van der Waals surface area (Å²) in [6.07, 6.45) is 4.64. The largest absolute Gasteiger partial charge is 0.395 e. The summed E-state index contributed by atoms with van der Waals surface area (Å²) >= 11 is 0. The normalized spacial score (nSPS) is 14.1. The van der Waals surface area contributed by atoms with Crippen LogP contribution >= 0.6 is 0 Å². The van der Waals surface area contributed by atoms with Crippen LogP contribution < -0.4 is 15.5 Å². The quantitative estimate of drug-likeness (QED) is 0.328. The fraction of sp³-hybridized carbons (Fsp3) is 0.231. The number of β-amino-alcohol motifs (C(OH)–C–C–N with tert-alkyl or cyclic N) is 1. The molecule has 0 unspecified atom stereocenters. The molecule has 0 saturated carbocycles. The molecule has 1 saturated heterocycles. The molecular formula is C26H28N8O2. The van der Waals surface area contributed by atoms with E-state index in [0.29, 0.717) is 17.3 Å². The lowest BCUT2D eigenvalue weighted by Crippen LogP contribution is -2.47. The highest BCUT2D eigenvalue weighted by molar-refractivity contribution is 5.99. The molecule has 10 nitrogen and oxygen atoms in total. The molecule has 0 aliphatic carbocycles. The number of nitrogens with zero attached hydrogens (tertiary/aromatic N) is 6. The van der Waals surface area contributed by atoms with Gasteiger partial charge >= 0.3 is 0 Å². The highest BCUT2D eigenvalue weighted by Gasteiger charge is 2.16. The molecule has 0 radical (unpaired) electrons. The Labute approximate surface area is 208 Å².